The molecule has 0 aromatic heterocycles. The molecule has 3 nitrogen and oxygen atoms in total. The number of anilines is 1. The molecule has 1 N–H and O–H groups in total. The topological polar surface area (TPSA) is 52.2 Å². The number of hydrogen-bond acceptors (Lipinski definition) is 3. The molecule has 2 aromatic carbocycles. The van der Waals surface area contributed by atoms with Crippen LogP contribution in [0.3, 0.4) is 0 Å². The van der Waals surface area contributed by atoms with Crippen molar-refractivity contribution in [1.29, 1.82) is 0 Å². The van der Waals surface area contributed by atoms with Gasteiger partial charge in [0, 0.05) is 22.2 Å². The van der Waals surface area contributed by atoms with Crippen molar-refractivity contribution in [2.75, 3.05) is 5.32 Å². The summed E-state index contributed by atoms with van der Waals surface area (Å²) in [5.74, 6) is -0.475. The van der Waals surface area contributed by atoms with Gasteiger partial charge in [-0.05, 0) is 42.0 Å². The van der Waals surface area contributed by atoms with Gasteiger partial charge < -0.3 is 15.2 Å². The van der Waals surface area contributed by atoms with Crippen molar-refractivity contribution in [2.45, 2.75) is 25.3 Å². The van der Waals surface area contributed by atoms with Crippen molar-refractivity contribution in [3.8, 4) is 0 Å². The molecule has 1 aliphatic carbocycles. The fourth-order valence-corrected chi connectivity index (χ4v) is 4.25. The van der Waals surface area contributed by atoms with Crippen LogP contribution in [-0.2, 0) is 0 Å². The number of allylic oxidation sites excluding steroid dienone is 2. The summed E-state index contributed by atoms with van der Waals surface area (Å²) >= 11 is 6.48. The summed E-state index contributed by atoms with van der Waals surface area (Å²) in [7, 11) is 0. The summed E-state index contributed by atoms with van der Waals surface area (Å²) in [6.07, 6.45) is 5.44. The number of rotatable bonds is 2. The molecule has 0 radical (unpaired) electrons. The monoisotopic (exact) mass is 338 g/mol. The van der Waals surface area contributed by atoms with Crippen LogP contribution in [0.1, 0.15) is 45.4 Å². The third kappa shape index (κ3) is 2.31. The number of carboxylic acids is 1. The van der Waals surface area contributed by atoms with Crippen LogP contribution in [0.15, 0.2) is 48.6 Å². The zero-order valence-electron chi connectivity index (χ0n) is 13.3. The van der Waals surface area contributed by atoms with Crippen LogP contribution in [0, 0.1) is 12.8 Å². The number of carboxylic acid groups (broad SMARTS) is 1. The lowest BCUT2D eigenvalue weighted by Gasteiger charge is -2.38. The summed E-state index contributed by atoms with van der Waals surface area (Å²) in [6.45, 7) is 2.08. The molecule has 0 unspecified atom stereocenters. The minimum absolute atomic E-state index is 0.130. The molecule has 122 valence electrons. The molecular weight excluding hydrogens is 322 g/mol. The van der Waals surface area contributed by atoms with Gasteiger partial charge in [-0.1, -0.05) is 54.1 Å². The molecule has 4 rings (SSSR count). The lowest BCUT2D eigenvalue weighted by molar-refractivity contribution is -0.255. The van der Waals surface area contributed by atoms with E-state index in [1.165, 1.54) is 11.1 Å². The Labute approximate surface area is 146 Å². The lowest BCUT2D eigenvalue weighted by Crippen LogP contribution is -2.30. The van der Waals surface area contributed by atoms with Gasteiger partial charge in [-0.3, -0.25) is 0 Å². The van der Waals surface area contributed by atoms with E-state index < -0.39 is 5.97 Å². The van der Waals surface area contributed by atoms with Crippen molar-refractivity contribution < 1.29 is 9.90 Å². The highest BCUT2D eigenvalue weighted by Gasteiger charge is 2.39. The quantitative estimate of drug-likeness (QED) is 0.846. The van der Waals surface area contributed by atoms with Gasteiger partial charge in [0.2, 0.25) is 0 Å². The number of fused-ring (bicyclic) bond motifs is 3. The second kappa shape index (κ2) is 5.67. The summed E-state index contributed by atoms with van der Waals surface area (Å²) in [6, 6.07) is 11.1. The van der Waals surface area contributed by atoms with E-state index in [4.69, 9.17) is 11.6 Å². The highest BCUT2D eigenvalue weighted by atomic mass is 35.5. The van der Waals surface area contributed by atoms with Gasteiger partial charge in [-0.15, -0.1) is 0 Å². The first kappa shape index (κ1) is 15.3. The highest BCUT2D eigenvalue weighted by Crippen LogP contribution is 2.52. The van der Waals surface area contributed by atoms with Gasteiger partial charge in [0.05, 0.1) is 12.0 Å². The largest absolute Gasteiger partial charge is 0.545 e. The molecule has 0 saturated heterocycles. The second-order valence-corrected chi connectivity index (χ2v) is 6.95. The molecule has 4 heteroatoms. The van der Waals surface area contributed by atoms with E-state index >= 15 is 0 Å². The van der Waals surface area contributed by atoms with Crippen LogP contribution in [-0.4, -0.2) is 5.97 Å². The number of carbonyl (C=O) groups is 1. The Morgan fingerprint density at radius 1 is 1.21 bits per heavy atom. The van der Waals surface area contributed by atoms with Gasteiger partial charge in [0.25, 0.3) is 0 Å². The normalized spacial score (nSPS) is 24.2. The van der Waals surface area contributed by atoms with Crippen molar-refractivity contribution in [1.82, 2.24) is 0 Å². The van der Waals surface area contributed by atoms with Crippen molar-refractivity contribution in [2.24, 2.45) is 5.92 Å². The predicted molar refractivity (Wildman–Crippen MR) is 93.3 cm³/mol. The highest BCUT2D eigenvalue weighted by molar-refractivity contribution is 6.32. The second-order valence-electron chi connectivity index (χ2n) is 6.54. The summed E-state index contributed by atoms with van der Waals surface area (Å²) in [5.41, 5.74) is 4.74. The Kier molecular flexibility index (Phi) is 3.61. The van der Waals surface area contributed by atoms with E-state index in [-0.39, 0.29) is 11.6 Å². The van der Waals surface area contributed by atoms with Crippen LogP contribution >= 0.6 is 11.6 Å². The molecule has 1 aliphatic heterocycles. The Balaban J connectivity index is 1.78. The Hall–Kier alpha value is -2.26. The van der Waals surface area contributed by atoms with E-state index in [0.717, 1.165) is 22.7 Å². The van der Waals surface area contributed by atoms with E-state index in [9.17, 15) is 9.90 Å². The van der Waals surface area contributed by atoms with Crippen molar-refractivity contribution in [3.63, 3.8) is 0 Å². The SMILES string of the molecule is Cc1ccc(Cl)c2c1N[C@H](c1ccc(C(=O)[O-])cc1)[C@H]1CC=C[C@H]21. The molecule has 0 saturated carbocycles. The Morgan fingerprint density at radius 3 is 2.67 bits per heavy atom. The number of aromatic carboxylic acids is 1. The summed E-state index contributed by atoms with van der Waals surface area (Å²) in [5, 5.41) is 15.4. The molecule has 2 aliphatic rings. The van der Waals surface area contributed by atoms with Gasteiger partial charge in [-0.2, -0.15) is 0 Å². The zero-order chi connectivity index (χ0) is 16.8. The first-order valence-corrected chi connectivity index (χ1v) is 8.47. The fourth-order valence-electron chi connectivity index (χ4n) is 3.97. The molecular formula is C20H17ClNO2-. The third-order valence-corrected chi connectivity index (χ3v) is 5.51. The van der Waals surface area contributed by atoms with Crippen molar-refractivity contribution in [3.05, 3.63) is 75.8 Å². The van der Waals surface area contributed by atoms with Gasteiger partial charge in [0.1, 0.15) is 0 Å². The number of nitrogens with one attached hydrogen (secondary N) is 1. The van der Waals surface area contributed by atoms with Gasteiger partial charge >= 0.3 is 0 Å². The minimum Gasteiger partial charge on any atom is -0.545 e. The number of carbonyl (C=O) groups excluding carboxylic acids is 1. The molecule has 2 aromatic rings. The number of aryl methyl sites for hydroxylation is 1. The van der Waals surface area contributed by atoms with Gasteiger partial charge in [-0.25, -0.2) is 0 Å². The van der Waals surface area contributed by atoms with Crippen LogP contribution in [0.2, 0.25) is 5.02 Å². The van der Waals surface area contributed by atoms with E-state index in [1.54, 1.807) is 12.1 Å². The lowest BCUT2D eigenvalue weighted by atomic mass is 9.76. The molecule has 0 bridgehead atoms. The molecule has 3 atom stereocenters. The maximum atomic E-state index is 11.0. The average molecular weight is 339 g/mol. The predicted octanol–water partition coefficient (Wildman–Crippen LogP) is 3.84. The third-order valence-electron chi connectivity index (χ3n) is 5.18. The van der Waals surface area contributed by atoms with Crippen LogP contribution in [0.4, 0.5) is 5.69 Å². The Bertz CT molecular complexity index is 841. The molecule has 0 fully saturated rings. The summed E-state index contributed by atoms with van der Waals surface area (Å²) < 4.78 is 0. The van der Waals surface area contributed by atoms with E-state index in [2.05, 4.69) is 24.4 Å². The minimum atomic E-state index is -1.15. The van der Waals surface area contributed by atoms with Gasteiger partial charge in [0.15, 0.2) is 0 Å². The zero-order valence-corrected chi connectivity index (χ0v) is 14.0. The standard InChI is InChI=1S/C20H18ClNO2/c1-11-5-10-16(21)17-14-3-2-4-15(14)19(22-18(11)17)12-6-8-13(9-7-12)20(23)24/h2-3,5-10,14-15,19,22H,4H2,1H3,(H,23,24)/p-1/t14-,15-,19+/m0/s1. The number of hydrogen-bond donors (Lipinski definition) is 1. The average Bonchev–Trinajstić information content (AvgIpc) is 3.07. The van der Waals surface area contributed by atoms with Crippen molar-refractivity contribution >= 4 is 23.3 Å². The van der Waals surface area contributed by atoms with E-state index in [1.807, 2.05) is 24.3 Å². The molecule has 0 amide bonds. The maximum absolute atomic E-state index is 11.0. The van der Waals surface area contributed by atoms with E-state index in [0.29, 0.717) is 11.8 Å². The number of benzene rings is 2. The van der Waals surface area contributed by atoms with Crippen LogP contribution < -0.4 is 10.4 Å². The molecule has 0 spiro atoms. The summed E-state index contributed by atoms with van der Waals surface area (Å²) in [4.78, 5) is 11.0. The first-order chi connectivity index (χ1) is 11.6. The molecule has 1 heterocycles. The maximum Gasteiger partial charge on any atom is 0.0715 e. The fraction of sp³-hybridized carbons (Fsp3) is 0.250. The van der Waals surface area contributed by atoms with Crippen LogP contribution in [0.25, 0.3) is 0 Å². The Morgan fingerprint density at radius 2 is 1.96 bits per heavy atom. The smallest absolute Gasteiger partial charge is 0.0715 e. The first-order valence-electron chi connectivity index (χ1n) is 8.10. The van der Waals surface area contributed by atoms with Crippen LogP contribution in [0.5, 0.6) is 0 Å². The molecule has 24 heavy (non-hydrogen) atoms. The number of halogens is 1.